The van der Waals surface area contributed by atoms with Crippen molar-refractivity contribution in [2.75, 3.05) is 5.32 Å². The van der Waals surface area contributed by atoms with E-state index in [1.807, 2.05) is 18.2 Å². The number of hydrogen-bond acceptors (Lipinski definition) is 2. The molecule has 1 amide bonds. The lowest BCUT2D eigenvalue weighted by atomic mass is 9.82. The Balaban J connectivity index is 1.70. The quantitative estimate of drug-likeness (QED) is 0.414. The number of anilines is 1. The maximum Gasteiger partial charge on any atom is 0.416 e. The van der Waals surface area contributed by atoms with Gasteiger partial charge >= 0.3 is 6.18 Å². The molecule has 154 valence electrons. The van der Waals surface area contributed by atoms with Crippen molar-refractivity contribution >= 4 is 39.3 Å². The van der Waals surface area contributed by atoms with E-state index in [-0.39, 0.29) is 11.8 Å². The van der Waals surface area contributed by atoms with Crippen LogP contribution in [-0.4, -0.2) is 5.91 Å². The zero-order valence-corrected chi connectivity index (χ0v) is 18.3. The van der Waals surface area contributed by atoms with E-state index in [0.717, 1.165) is 52.2 Å². The Morgan fingerprint density at radius 2 is 1.97 bits per heavy atom. The average molecular weight is 484 g/mol. The smallest absolute Gasteiger partial charge is 0.326 e. The topological polar surface area (TPSA) is 29.1 Å². The molecule has 1 fully saturated rings. The normalized spacial score (nSPS) is 21.3. The van der Waals surface area contributed by atoms with Gasteiger partial charge in [0.05, 0.1) is 5.56 Å². The van der Waals surface area contributed by atoms with Crippen LogP contribution in [0, 0.1) is 11.8 Å². The molecule has 2 aliphatic rings. The highest BCUT2D eigenvalue weighted by atomic mass is 79.9. The summed E-state index contributed by atoms with van der Waals surface area (Å²) in [6.07, 6.45) is -0.295. The van der Waals surface area contributed by atoms with Crippen LogP contribution in [0.15, 0.2) is 44.6 Å². The van der Waals surface area contributed by atoms with Crippen LogP contribution < -0.4 is 5.32 Å². The van der Waals surface area contributed by atoms with Crippen molar-refractivity contribution in [3.05, 3.63) is 51.5 Å². The van der Waals surface area contributed by atoms with E-state index in [0.29, 0.717) is 22.9 Å². The summed E-state index contributed by atoms with van der Waals surface area (Å²) in [7, 11) is 0. The van der Waals surface area contributed by atoms with E-state index >= 15 is 0 Å². The molecular weight excluding hydrogens is 463 g/mol. The molecule has 2 atom stereocenters. The highest BCUT2D eigenvalue weighted by molar-refractivity contribution is 9.10. The second kappa shape index (κ2) is 7.99. The summed E-state index contributed by atoms with van der Waals surface area (Å²) in [4.78, 5) is 14.3. The average Bonchev–Trinajstić information content (AvgIpc) is 2.65. The number of alkyl halides is 3. The third-order valence-electron chi connectivity index (χ3n) is 5.72. The van der Waals surface area contributed by atoms with Gasteiger partial charge in [-0.05, 0) is 54.2 Å². The SMILES string of the molecule is CC1CCCC(C(=O)Nc2cc(C(F)(F)F)cc3c2Cc2ccc(Br)cc2S3)C1. The Morgan fingerprint density at radius 3 is 2.69 bits per heavy atom. The van der Waals surface area contributed by atoms with Crippen LogP contribution in [0.1, 0.15) is 49.3 Å². The number of amides is 1. The molecule has 1 saturated carbocycles. The van der Waals surface area contributed by atoms with Gasteiger partial charge < -0.3 is 5.32 Å². The highest BCUT2D eigenvalue weighted by Gasteiger charge is 2.34. The van der Waals surface area contributed by atoms with Crippen molar-refractivity contribution in [2.24, 2.45) is 11.8 Å². The molecule has 2 aromatic rings. The molecule has 7 heteroatoms. The summed E-state index contributed by atoms with van der Waals surface area (Å²) >= 11 is 4.75. The molecule has 29 heavy (non-hydrogen) atoms. The van der Waals surface area contributed by atoms with E-state index in [4.69, 9.17) is 0 Å². The molecular formula is C22H21BrF3NOS. The predicted octanol–water partition coefficient (Wildman–Crippen LogP) is 7.29. The lowest BCUT2D eigenvalue weighted by Crippen LogP contribution is -2.28. The maximum atomic E-state index is 13.5. The summed E-state index contributed by atoms with van der Waals surface area (Å²) in [5, 5.41) is 2.85. The first-order chi connectivity index (χ1) is 13.7. The lowest BCUT2D eigenvalue weighted by molar-refractivity contribution is -0.137. The molecule has 1 N–H and O–H groups in total. The highest BCUT2D eigenvalue weighted by Crippen LogP contribution is 2.46. The molecule has 0 radical (unpaired) electrons. The number of carbonyl (C=O) groups excluding carboxylic acids is 1. The summed E-state index contributed by atoms with van der Waals surface area (Å²) in [5.41, 5.74) is 1.37. The number of carbonyl (C=O) groups is 1. The fourth-order valence-corrected chi connectivity index (χ4v) is 5.88. The second-order valence-corrected chi connectivity index (χ2v) is 9.99. The summed E-state index contributed by atoms with van der Waals surface area (Å²) in [6, 6.07) is 8.11. The zero-order chi connectivity index (χ0) is 20.8. The van der Waals surface area contributed by atoms with Crippen molar-refractivity contribution < 1.29 is 18.0 Å². The molecule has 0 saturated heterocycles. The minimum absolute atomic E-state index is 0.136. The number of benzene rings is 2. The predicted molar refractivity (Wildman–Crippen MR) is 112 cm³/mol. The Morgan fingerprint density at radius 1 is 1.17 bits per heavy atom. The standard InChI is InChI=1S/C22H21BrF3NOS/c1-12-3-2-4-14(7-12)21(28)27-18-9-15(22(24,25)26)10-20-17(18)8-13-5-6-16(23)11-19(13)29-20/h5-6,9-12,14H,2-4,7-8H2,1H3,(H,27,28). The van der Waals surface area contributed by atoms with Gasteiger partial charge in [-0.1, -0.05) is 53.5 Å². The molecule has 1 heterocycles. The molecule has 2 aromatic carbocycles. The van der Waals surface area contributed by atoms with E-state index in [9.17, 15) is 18.0 Å². The summed E-state index contributed by atoms with van der Waals surface area (Å²) in [6.45, 7) is 2.12. The van der Waals surface area contributed by atoms with Crippen molar-refractivity contribution in [3.63, 3.8) is 0 Å². The number of halogens is 4. The first-order valence-corrected chi connectivity index (χ1v) is 11.3. The van der Waals surface area contributed by atoms with Gasteiger partial charge in [-0.3, -0.25) is 4.79 Å². The van der Waals surface area contributed by atoms with Gasteiger partial charge in [-0.2, -0.15) is 13.2 Å². The van der Waals surface area contributed by atoms with Crippen molar-refractivity contribution in [1.29, 1.82) is 0 Å². The van der Waals surface area contributed by atoms with Crippen molar-refractivity contribution in [1.82, 2.24) is 0 Å². The summed E-state index contributed by atoms with van der Waals surface area (Å²) < 4.78 is 41.4. The van der Waals surface area contributed by atoms with Gasteiger partial charge in [0.25, 0.3) is 0 Å². The van der Waals surface area contributed by atoms with Crippen molar-refractivity contribution in [3.8, 4) is 0 Å². The van der Waals surface area contributed by atoms with Gasteiger partial charge in [0, 0.05) is 32.3 Å². The van der Waals surface area contributed by atoms with Crippen LogP contribution in [0.2, 0.25) is 0 Å². The van der Waals surface area contributed by atoms with Crippen molar-refractivity contribution in [2.45, 2.75) is 55.0 Å². The fraction of sp³-hybridized carbons (Fsp3) is 0.409. The van der Waals surface area contributed by atoms with Crippen LogP contribution in [-0.2, 0) is 17.4 Å². The Kier molecular flexibility index (Phi) is 5.73. The fourth-order valence-electron chi connectivity index (χ4n) is 4.18. The van der Waals surface area contributed by atoms with Gasteiger partial charge in [0.15, 0.2) is 0 Å². The van der Waals surface area contributed by atoms with Crippen LogP contribution in [0.3, 0.4) is 0 Å². The number of rotatable bonds is 2. The molecule has 4 rings (SSSR count). The number of hydrogen-bond donors (Lipinski definition) is 1. The zero-order valence-electron chi connectivity index (χ0n) is 15.9. The third-order valence-corrected chi connectivity index (χ3v) is 7.40. The number of fused-ring (bicyclic) bond motifs is 2. The molecule has 1 aliphatic heterocycles. The van der Waals surface area contributed by atoms with Gasteiger partial charge in [0.2, 0.25) is 5.91 Å². The first-order valence-electron chi connectivity index (χ1n) is 9.72. The Labute approximate surface area is 180 Å². The minimum atomic E-state index is -4.47. The Bertz CT molecular complexity index is 960. The molecule has 1 aliphatic carbocycles. The lowest BCUT2D eigenvalue weighted by Gasteiger charge is -2.28. The van der Waals surface area contributed by atoms with E-state index in [1.54, 1.807) is 0 Å². The molecule has 0 spiro atoms. The van der Waals surface area contributed by atoms with Gasteiger partial charge in [0.1, 0.15) is 0 Å². The third kappa shape index (κ3) is 4.50. The second-order valence-electron chi connectivity index (χ2n) is 7.99. The van der Waals surface area contributed by atoms with Gasteiger partial charge in [-0.15, -0.1) is 0 Å². The van der Waals surface area contributed by atoms with E-state index in [1.165, 1.54) is 17.8 Å². The molecule has 2 nitrogen and oxygen atoms in total. The number of nitrogens with one attached hydrogen (secondary N) is 1. The first kappa shape index (κ1) is 20.8. The minimum Gasteiger partial charge on any atom is -0.326 e. The van der Waals surface area contributed by atoms with Gasteiger partial charge in [-0.25, -0.2) is 0 Å². The summed E-state index contributed by atoms with van der Waals surface area (Å²) in [5.74, 6) is 0.170. The molecule has 0 bridgehead atoms. The van der Waals surface area contributed by atoms with E-state index in [2.05, 4.69) is 28.2 Å². The molecule has 0 aromatic heterocycles. The largest absolute Gasteiger partial charge is 0.416 e. The Hall–Kier alpha value is -1.47. The van der Waals surface area contributed by atoms with Crippen LogP contribution in [0.4, 0.5) is 18.9 Å². The monoisotopic (exact) mass is 483 g/mol. The maximum absolute atomic E-state index is 13.5. The van der Waals surface area contributed by atoms with Crippen LogP contribution in [0.25, 0.3) is 0 Å². The van der Waals surface area contributed by atoms with E-state index < -0.39 is 11.7 Å². The molecule has 2 unspecified atom stereocenters. The van der Waals surface area contributed by atoms with Crippen LogP contribution >= 0.6 is 27.7 Å². The van der Waals surface area contributed by atoms with Crippen LogP contribution in [0.5, 0.6) is 0 Å².